The number of piperazine rings is 1. The molecular formula is C17H30N4O. The summed E-state index contributed by atoms with van der Waals surface area (Å²) in [5.41, 5.74) is -0.0589. The zero-order chi connectivity index (χ0) is 15.0. The number of fused-ring (bicyclic) bond motifs is 1. The van der Waals surface area contributed by atoms with Crippen molar-refractivity contribution in [3.63, 3.8) is 0 Å². The molecule has 3 heterocycles. The molecular weight excluding hydrogens is 276 g/mol. The minimum Gasteiger partial charge on any atom is -0.341 e. The summed E-state index contributed by atoms with van der Waals surface area (Å²) in [6.07, 6.45) is 6.07. The molecule has 0 bridgehead atoms. The predicted molar refractivity (Wildman–Crippen MR) is 86.7 cm³/mol. The van der Waals surface area contributed by atoms with Crippen molar-refractivity contribution in [2.75, 3.05) is 52.4 Å². The van der Waals surface area contributed by atoms with Crippen LogP contribution in [0, 0.1) is 11.3 Å². The number of amides is 1. The van der Waals surface area contributed by atoms with Crippen LogP contribution < -0.4 is 10.6 Å². The molecule has 4 rings (SSSR count). The van der Waals surface area contributed by atoms with E-state index in [0.717, 1.165) is 58.8 Å². The quantitative estimate of drug-likeness (QED) is 0.769. The van der Waals surface area contributed by atoms with E-state index in [9.17, 15) is 4.79 Å². The van der Waals surface area contributed by atoms with Gasteiger partial charge in [-0.05, 0) is 31.7 Å². The normalized spacial score (nSPS) is 39.9. The molecule has 124 valence electrons. The summed E-state index contributed by atoms with van der Waals surface area (Å²) in [6.45, 7) is 8.39. The Hall–Kier alpha value is -0.650. The lowest BCUT2D eigenvalue weighted by Gasteiger charge is -2.40. The Kier molecular flexibility index (Phi) is 4.13. The maximum Gasteiger partial charge on any atom is 0.230 e. The molecule has 2 N–H and O–H groups in total. The molecule has 0 aromatic rings. The van der Waals surface area contributed by atoms with Crippen LogP contribution in [-0.4, -0.2) is 74.1 Å². The minimum absolute atomic E-state index is 0.0589. The highest BCUT2D eigenvalue weighted by Crippen LogP contribution is 2.45. The molecule has 3 saturated heterocycles. The molecule has 1 amide bonds. The van der Waals surface area contributed by atoms with Gasteiger partial charge in [-0.1, -0.05) is 12.8 Å². The number of nitrogens with one attached hydrogen (secondary N) is 2. The maximum atomic E-state index is 13.3. The Labute approximate surface area is 133 Å². The summed E-state index contributed by atoms with van der Waals surface area (Å²) < 4.78 is 0. The smallest absolute Gasteiger partial charge is 0.230 e. The molecule has 1 aliphatic carbocycles. The van der Waals surface area contributed by atoms with Crippen LogP contribution in [0.2, 0.25) is 0 Å². The molecule has 4 aliphatic rings. The van der Waals surface area contributed by atoms with E-state index in [1.165, 1.54) is 25.7 Å². The number of carbonyl (C=O) groups excluding carboxylic acids is 1. The van der Waals surface area contributed by atoms with Gasteiger partial charge in [-0.3, -0.25) is 9.69 Å². The van der Waals surface area contributed by atoms with Gasteiger partial charge in [-0.25, -0.2) is 0 Å². The lowest BCUT2D eigenvalue weighted by atomic mass is 9.67. The zero-order valence-electron chi connectivity index (χ0n) is 13.6. The van der Waals surface area contributed by atoms with Crippen LogP contribution in [0.5, 0.6) is 0 Å². The van der Waals surface area contributed by atoms with Crippen LogP contribution in [-0.2, 0) is 4.79 Å². The first kappa shape index (κ1) is 14.9. The Morgan fingerprint density at radius 1 is 1.05 bits per heavy atom. The van der Waals surface area contributed by atoms with Crippen molar-refractivity contribution in [1.82, 2.24) is 20.4 Å². The lowest BCUT2D eigenvalue weighted by Crippen LogP contribution is -2.52. The van der Waals surface area contributed by atoms with Crippen molar-refractivity contribution >= 4 is 5.91 Å². The molecule has 0 aromatic carbocycles. The molecule has 3 aliphatic heterocycles. The van der Waals surface area contributed by atoms with Crippen molar-refractivity contribution in [3.05, 3.63) is 0 Å². The van der Waals surface area contributed by atoms with Gasteiger partial charge in [-0.2, -0.15) is 0 Å². The van der Waals surface area contributed by atoms with Crippen LogP contribution in [0.4, 0.5) is 0 Å². The van der Waals surface area contributed by atoms with Crippen LogP contribution in [0.1, 0.15) is 32.1 Å². The van der Waals surface area contributed by atoms with Gasteiger partial charge in [0.25, 0.3) is 0 Å². The molecule has 5 nitrogen and oxygen atoms in total. The summed E-state index contributed by atoms with van der Waals surface area (Å²) in [5, 5.41) is 6.94. The molecule has 0 aromatic heterocycles. The third kappa shape index (κ3) is 2.47. The van der Waals surface area contributed by atoms with Gasteiger partial charge < -0.3 is 15.5 Å². The second-order valence-corrected chi connectivity index (χ2v) is 7.71. The van der Waals surface area contributed by atoms with Crippen molar-refractivity contribution in [2.24, 2.45) is 11.3 Å². The fourth-order valence-corrected chi connectivity index (χ4v) is 5.25. The molecule has 4 fully saturated rings. The molecule has 5 heteroatoms. The van der Waals surface area contributed by atoms with Gasteiger partial charge in [0.15, 0.2) is 0 Å². The van der Waals surface area contributed by atoms with E-state index >= 15 is 0 Å². The molecule has 1 unspecified atom stereocenters. The molecule has 1 saturated carbocycles. The van der Waals surface area contributed by atoms with Gasteiger partial charge in [0, 0.05) is 51.9 Å². The Morgan fingerprint density at radius 2 is 1.91 bits per heavy atom. The number of hydrogen-bond donors (Lipinski definition) is 2. The number of carbonyl (C=O) groups is 1. The zero-order valence-corrected chi connectivity index (χ0v) is 13.6. The third-order valence-corrected chi connectivity index (χ3v) is 6.58. The van der Waals surface area contributed by atoms with Crippen molar-refractivity contribution in [1.29, 1.82) is 0 Å². The first-order chi connectivity index (χ1) is 10.8. The fraction of sp³-hybridized carbons (Fsp3) is 0.941. The summed E-state index contributed by atoms with van der Waals surface area (Å²) >= 11 is 0. The van der Waals surface area contributed by atoms with Crippen molar-refractivity contribution in [3.8, 4) is 0 Å². The topological polar surface area (TPSA) is 47.6 Å². The molecule has 3 atom stereocenters. The lowest BCUT2D eigenvalue weighted by molar-refractivity contribution is -0.144. The highest BCUT2D eigenvalue weighted by atomic mass is 16.2. The van der Waals surface area contributed by atoms with Crippen LogP contribution in [0.15, 0.2) is 0 Å². The van der Waals surface area contributed by atoms with Gasteiger partial charge in [-0.15, -0.1) is 0 Å². The maximum absolute atomic E-state index is 13.3. The van der Waals surface area contributed by atoms with Gasteiger partial charge in [0.2, 0.25) is 5.91 Å². The van der Waals surface area contributed by atoms with E-state index in [0.29, 0.717) is 17.9 Å². The van der Waals surface area contributed by atoms with Crippen LogP contribution in [0.25, 0.3) is 0 Å². The van der Waals surface area contributed by atoms with Crippen LogP contribution in [0.3, 0.4) is 0 Å². The summed E-state index contributed by atoms with van der Waals surface area (Å²) in [5.74, 6) is 1.06. The van der Waals surface area contributed by atoms with Crippen molar-refractivity contribution < 1.29 is 4.79 Å². The summed E-state index contributed by atoms with van der Waals surface area (Å²) in [6, 6.07) is 0.596. The van der Waals surface area contributed by atoms with Crippen LogP contribution >= 0.6 is 0 Å². The van der Waals surface area contributed by atoms with Gasteiger partial charge in [0.1, 0.15) is 0 Å². The van der Waals surface area contributed by atoms with Crippen molar-refractivity contribution in [2.45, 2.75) is 38.1 Å². The van der Waals surface area contributed by atoms with E-state index in [4.69, 9.17) is 0 Å². The van der Waals surface area contributed by atoms with E-state index in [1.807, 2.05) is 0 Å². The Morgan fingerprint density at radius 3 is 2.77 bits per heavy atom. The summed E-state index contributed by atoms with van der Waals surface area (Å²) in [4.78, 5) is 18.1. The predicted octanol–water partition coefficient (Wildman–Crippen LogP) is 0.272. The standard InChI is InChI=1S/C17H30N4O/c22-16(17-5-2-1-3-14(17)11-19-13-17)21-8-4-15(12-21)20-9-6-18-7-10-20/h14-15,18-19H,1-13H2/t14-,15?,17+/m0/s1. The first-order valence-electron chi connectivity index (χ1n) is 9.24. The average molecular weight is 306 g/mol. The van der Waals surface area contributed by atoms with Gasteiger partial charge in [0.05, 0.1) is 5.41 Å². The Bertz CT molecular complexity index is 423. The summed E-state index contributed by atoms with van der Waals surface area (Å²) in [7, 11) is 0. The fourth-order valence-electron chi connectivity index (χ4n) is 5.25. The van der Waals surface area contributed by atoms with E-state index < -0.39 is 0 Å². The number of rotatable bonds is 2. The highest BCUT2D eigenvalue weighted by Gasteiger charge is 2.52. The third-order valence-electron chi connectivity index (χ3n) is 6.58. The molecule has 0 radical (unpaired) electrons. The SMILES string of the molecule is O=C(N1CCC(N2CCNCC2)C1)[C@@]12CCCC[C@H]1CNC2. The Balaban J connectivity index is 1.42. The second kappa shape index (κ2) is 6.10. The molecule has 0 spiro atoms. The highest BCUT2D eigenvalue weighted by molar-refractivity contribution is 5.84. The van der Waals surface area contributed by atoms with E-state index in [-0.39, 0.29) is 5.41 Å². The first-order valence-corrected chi connectivity index (χ1v) is 9.24. The minimum atomic E-state index is -0.0589. The number of likely N-dealkylation sites (tertiary alicyclic amines) is 1. The van der Waals surface area contributed by atoms with Gasteiger partial charge >= 0.3 is 0 Å². The largest absolute Gasteiger partial charge is 0.341 e. The second-order valence-electron chi connectivity index (χ2n) is 7.71. The van der Waals surface area contributed by atoms with E-state index in [1.54, 1.807) is 0 Å². The van der Waals surface area contributed by atoms with E-state index in [2.05, 4.69) is 20.4 Å². The number of nitrogens with zero attached hydrogens (tertiary/aromatic N) is 2. The average Bonchev–Trinajstić information content (AvgIpc) is 3.22. The molecule has 22 heavy (non-hydrogen) atoms. The monoisotopic (exact) mass is 306 g/mol. The number of hydrogen-bond acceptors (Lipinski definition) is 4.